The average Bonchev–Trinajstić information content (AvgIpc) is 3.53. The summed E-state index contributed by atoms with van der Waals surface area (Å²) in [5.41, 5.74) is 2.77. The normalized spacial score (nSPS) is 26.1. The molecule has 2 aliphatic rings. The summed E-state index contributed by atoms with van der Waals surface area (Å²) in [5, 5.41) is 13.2. The van der Waals surface area contributed by atoms with E-state index in [0.29, 0.717) is 23.4 Å². The quantitative estimate of drug-likeness (QED) is 0.335. The molecule has 1 aromatic carbocycles. The van der Waals surface area contributed by atoms with Gasteiger partial charge in [-0.15, -0.1) is 0 Å². The van der Waals surface area contributed by atoms with Gasteiger partial charge in [0.15, 0.2) is 35.4 Å². The van der Waals surface area contributed by atoms with Crippen LogP contribution in [0.2, 0.25) is 0 Å². The molecule has 0 bridgehead atoms. The Kier molecular flexibility index (Phi) is 6.95. The van der Waals surface area contributed by atoms with Crippen LogP contribution in [0.5, 0.6) is 0 Å². The molecule has 6 atom stereocenters. The van der Waals surface area contributed by atoms with Crippen LogP contribution in [0.3, 0.4) is 0 Å². The number of nitrogens with one attached hydrogen (secondary N) is 1. The topological polar surface area (TPSA) is 164 Å². The third kappa shape index (κ3) is 4.77. The van der Waals surface area contributed by atoms with Crippen molar-refractivity contribution in [1.29, 1.82) is 0 Å². The number of nitrogens with zero attached hydrogens (tertiary/aromatic N) is 4. The molecule has 13 nitrogen and oxygen atoms in total. The van der Waals surface area contributed by atoms with Gasteiger partial charge in [0, 0.05) is 27.2 Å². The largest absolute Gasteiger partial charge is 0.460 e. The number of ether oxygens (including phenoxy) is 4. The Balaban J connectivity index is 1.50. The Morgan fingerprint density at radius 3 is 2.45 bits per heavy atom. The second kappa shape index (κ2) is 10.3. The number of aliphatic hydroxyl groups is 1. The summed E-state index contributed by atoms with van der Waals surface area (Å²) in [6.07, 6.45) is -1.14. The highest BCUT2D eigenvalue weighted by Gasteiger charge is 2.50. The van der Waals surface area contributed by atoms with Gasteiger partial charge >= 0.3 is 17.9 Å². The van der Waals surface area contributed by atoms with Crippen molar-refractivity contribution in [1.82, 2.24) is 19.5 Å². The minimum Gasteiger partial charge on any atom is -0.460 e. The fourth-order valence-corrected chi connectivity index (χ4v) is 5.07. The number of rotatable bonds is 7. The zero-order chi connectivity index (χ0) is 27.0. The number of aromatic nitrogens is 4. The minimum absolute atomic E-state index is 0.347. The summed E-state index contributed by atoms with van der Waals surface area (Å²) in [5.74, 6) is -1.22. The molecule has 2 N–H and O–H groups in total. The number of hydrogen-bond acceptors (Lipinski definition) is 12. The summed E-state index contributed by atoms with van der Waals surface area (Å²) in [6.45, 7) is 3.34. The molecule has 1 saturated heterocycles. The molecule has 1 aliphatic carbocycles. The van der Waals surface area contributed by atoms with Crippen molar-refractivity contribution in [2.45, 2.75) is 63.9 Å². The molecule has 0 spiro atoms. The fourth-order valence-electron chi connectivity index (χ4n) is 5.07. The van der Waals surface area contributed by atoms with Crippen molar-refractivity contribution in [2.24, 2.45) is 0 Å². The second-order valence-corrected chi connectivity index (χ2v) is 9.11. The van der Waals surface area contributed by atoms with Gasteiger partial charge < -0.3 is 29.4 Å². The van der Waals surface area contributed by atoms with Crippen LogP contribution in [0.1, 0.15) is 44.2 Å². The Morgan fingerprint density at radius 1 is 1.03 bits per heavy atom. The first kappa shape index (κ1) is 25.5. The lowest BCUT2D eigenvalue weighted by atomic mass is 10.1. The maximum absolute atomic E-state index is 11.9. The first-order chi connectivity index (χ1) is 18.3. The van der Waals surface area contributed by atoms with Gasteiger partial charge in [0.25, 0.3) is 0 Å². The highest BCUT2D eigenvalue weighted by molar-refractivity contribution is 5.83. The molecule has 0 radical (unpaired) electrons. The fraction of sp³-hybridized carbons (Fsp3) is 0.440. The first-order valence-electron chi connectivity index (χ1n) is 12.1. The van der Waals surface area contributed by atoms with Gasteiger partial charge in [-0.1, -0.05) is 24.3 Å². The smallest absolute Gasteiger partial charge is 0.303 e. The van der Waals surface area contributed by atoms with Crippen LogP contribution >= 0.6 is 0 Å². The first-order valence-corrected chi connectivity index (χ1v) is 12.1. The number of aliphatic hydroxyl groups excluding tert-OH is 1. The Morgan fingerprint density at radius 2 is 1.74 bits per heavy atom. The molecular formula is C25H27N5O8. The zero-order valence-electron chi connectivity index (χ0n) is 20.9. The maximum Gasteiger partial charge on any atom is 0.303 e. The van der Waals surface area contributed by atoms with Crippen molar-refractivity contribution >= 4 is 34.9 Å². The predicted octanol–water partition coefficient (Wildman–Crippen LogP) is 1.22. The van der Waals surface area contributed by atoms with Crippen LogP contribution in [-0.4, -0.2) is 73.6 Å². The molecule has 5 rings (SSSR count). The minimum atomic E-state index is -1.06. The van der Waals surface area contributed by atoms with E-state index in [1.54, 1.807) is 0 Å². The molecule has 38 heavy (non-hydrogen) atoms. The Hall–Kier alpha value is -4.10. The van der Waals surface area contributed by atoms with Gasteiger partial charge in [-0.3, -0.25) is 19.0 Å². The van der Waals surface area contributed by atoms with Gasteiger partial charge in [-0.05, 0) is 11.1 Å². The highest BCUT2D eigenvalue weighted by Crippen LogP contribution is 2.38. The van der Waals surface area contributed by atoms with E-state index in [-0.39, 0.29) is 12.0 Å². The van der Waals surface area contributed by atoms with Crippen molar-refractivity contribution in [2.75, 3.05) is 11.9 Å². The number of imidazole rings is 1. The van der Waals surface area contributed by atoms with E-state index in [2.05, 4.69) is 20.3 Å². The van der Waals surface area contributed by atoms with E-state index in [9.17, 15) is 19.5 Å². The van der Waals surface area contributed by atoms with E-state index in [1.165, 1.54) is 38.0 Å². The molecule has 0 amide bonds. The lowest BCUT2D eigenvalue weighted by Gasteiger charge is -2.23. The molecule has 13 heteroatoms. The van der Waals surface area contributed by atoms with Crippen molar-refractivity contribution < 1.29 is 38.4 Å². The number of anilines is 1. The molecular weight excluding hydrogens is 498 g/mol. The van der Waals surface area contributed by atoms with E-state index in [4.69, 9.17) is 18.9 Å². The number of hydrogen-bond donors (Lipinski definition) is 2. The number of benzene rings is 1. The lowest BCUT2D eigenvalue weighted by molar-refractivity contribution is -0.165. The van der Waals surface area contributed by atoms with Gasteiger partial charge in [-0.25, -0.2) is 15.0 Å². The monoisotopic (exact) mass is 525 g/mol. The zero-order valence-corrected chi connectivity index (χ0v) is 20.9. The third-order valence-electron chi connectivity index (χ3n) is 6.50. The number of fused-ring (bicyclic) bond motifs is 2. The predicted molar refractivity (Wildman–Crippen MR) is 129 cm³/mol. The van der Waals surface area contributed by atoms with Crippen LogP contribution in [-0.2, 0) is 39.8 Å². The average molecular weight is 526 g/mol. The summed E-state index contributed by atoms with van der Waals surface area (Å²) >= 11 is 0. The number of carbonyl (C=O) groups excluding carboxylic acids is 3. The Labute approximate surface area is 217 Å². The van der Waals surface area contributed by atoms with Gasteiger partial charge in [0.1, 0.15) is 18.5 Å². The summed E-state index contributed by atoms with van der Waals surface area (Å²) in [7, 11) is 0. The summed E-state index contributed by atoms with van der Waals surface area (Å²) in [4.78, 5) is 48.6. The molecule has 1 aliphatic heterocycles. The molecule has 3 aromatic rings. The van der Waals surface area contributed by atoms with Gasteiger partial charge in [0.05, 0.1) is 19.0 Å². The van der Waals surface area contributed by atoms with Gasteiger partial charge in [0.2, 0.25) is 0 Å². The molecule has 1 fully saturated rings. The van der Waals surface area contributed by atoms with Gasteiger partial charge in [-0.2, -0.15) is 0 Å². The standard InChI is InChI=1S/C25H27N5O8/c1-12(32)35-17-8-15-6-4-5-7-16(15)19(17)29-23-20-24(27-10-26-23)30(11-28-20)25-22(37-14(3)34)21(36-13(2)33)18(9-31)38-25/h4-7,10-11,17-19,21-22,25,31H,8-9H2,1-3H3,(H,26,27,29)/t17-,18+,19+,21?,22+,25+/m0/s1. The lowest BCUT2D eigenvalue weighted by Crippen LogP contribution is -2.40. The molecule has 2 aromatic heterocycles. The van der Waals surface area contributed by atoms with Crippen LogP contribution in [0.4, 0.5) is 5.82 Å². The van der Waals surface area contributed by atoms with Crippen LogP contribution in [0, 0.1) is 0 Å². The number of carbonyl (C=O) groups is 3. The van der Waals surface area contributed by atoms with Crippen LogP contribution in [0.15, 0.2) is 36.9 Å². The summed E-state index contributed by atoms with van der Waals surface area (Å²) < 4.78 is 23.9. The maximum atomic E-state index is 11.9. The van der Waals surface area contributed by atoms with Crippen molar-refractivity contribution in [3.8, 4) is 0 Å². The van der Waals surface area contributed by atoms with Crippen LogP contribution in [0.25, 0.3) is 11.2 Å². The number of esters is 3. The van der Waals surface area contributed by atoms with E-state index < -0.39 is 49.2 Å². The molecule has 0 saturated carbocycles. The summed E-state index contributed by atoms with van der Waals surface area (Å²) in [6, 6.07) is 7.43. The highest BCUT2D eigenvalue weighted by atomic mass is 16.6. The van der Waals surface area contributed by atoms with Crippen LogP contribution < -0.4 is 5.32 Å². The Bertz CT molecular complexity index is 1380. The molecule has 3 heterocycles. The molecule has 1 unspecified atom stereocenters. The van der Waals surface area contributed by atoms with E-state index in [1.807, 2.05) is 24.3 Å². The third-order valence-corrected chi connectivity index (χ3v) is 6.50. The van der Waals surface area contributed by atoms with E-state index >= 15 is 0 Å². The van der Waals surface area contributed by atoms with Crippen molar-refractivity contribution in [3.05, 3.63) is 48.0 Å². The van der Waals surface area contributed by atoms with Crippen molar-refractivity contribution in [3.63, 3.8) is 0 Å². The molecule has 200 valence electrons. The SMILES string of the molecule is CC(=O)OC1[C@@H](OC(C)=O)[C@H](n2cnc3c(N[C@@H]4c5ccccc5C[C@@H]4OC(C)=O)ncnc32)O[C@@H]1CO. The van der Waals surface area contributed by atoms with E-state index in [0.717, 1.165) is 11.1 Å². The second-order valence-electron chi connectivity index (χ2n) is 9.11.